The first-order valence-electron chi connectivity index (χ1n) is 5.33. The minimum absolute atomic E-state index is 1.11. The van der Waals surface area contributed by atoms with Crippen molar-refractivity contribution in [3.8, 4) is 5.69 Å². The molecule has 2 rings (SSSR count). The van der Waals surface area contributed by atoms with Gasteiger partial charge in [0.2, 0.25) is 0 Å². The molecule has 1 heterocycles. The fraction of sp³-hybridized carbons (Fsp3) is 0.231. The highest BCUT2D eigenvalue weighted by Gasteiger charge is 2.08. The molecule has 1 aromatic carbocycles. The molecular weight excluding hydrogens is 330 g/mol. The van der Waals surface area contributed by atoms with Crippen LogP contribution in [0.5, 0.6) is 0 Å². The third-order valence-electron chi connectivity index (χ3n) is 2.48. The van der Waals surface area contributed by atoms with Gasteiger partial charge in [-0.15, -0.1) is 0 Å². The van der Waals surface area contributed by atoms with E-state index in [0.29, 0.717) is 0 Å². The minimum atomic E-state index is 1.11. The Hall–Kier alpha value is -0.540. The SMILES string of the molecule is CCCc1cc(Br)c(-n2cccc2)c(Br)c1. The van der Waals surface area contributed by atoms with E-state index in [0.717, 1.165) is 21.1 Å². The predicted molar refractivity (Wildman–Crippen MR) is 75.2 cm³/mol. The smallest absolute Gasteiger partial charge is 0.0735 e. The summed E-state index contributed by atoms with van der Waals surface area (Å²) in [5, 5.41) is 0. The van der Waals surface area contributed by atoms with Crippen LogP contribution in [0.25, 0.3) is 5.69 Å². The quantitative estimate of drug-likeness (QED) is 0.743. The Kier molecular flexibility index (Phi) is 3.87. The van der Waals surface area contributed by atoms with E-state index in [1.165, 1.54) is 12.0 Å². The Morgan fingerprint density at radius 2 is 1.62 bits per heavy atom. The Morgan fingerprint density at radius 1 is 1.06 bits per heavy atom. The predicted octanol–water partition coefficient (Wildman–Crippen LogP) is 4.95. The zero-order chi connectivity index (χ0) is 11.5. The standard InChI is InChI=1S/C13H13Br2N/c1-2-5-10-8-11(14)13(12(15)9-10)16-6-3-4-7-16/h3-4,6-9H,2,5H2,1H3. The molecule has 1 nitrogen and oxygen atoms in total. The molecule has 0 atom stereocenters. The maximum Gasteiger partial charge on any atom is 0.0735 e. The van der Waals surface area contributed by atoms with Gasteiger partial charge in [0, 0.05) is 21.3 Å². The Balaban J connectivity index is 2.48. The van der Waals surface area contributed by atoms with Gasteiger partial charge in [-0.05, 0) is 68.1 Å². The number of hydrogen-bond donors (Lipinski definition) is 0. The summed E-state index contributed by atoms with van der Waals surface area (Å²) in [5.74, 6) is 0. The molecule has 0 saturated heterocycles. The number of aromatic nitrogens is 1. The normalized spacial score (nSPS) is 10.7. The summed E-state index contributed by atoms with van der Waals surface area (Å²) in [4.78, 5) is 0. The number of nitrogens with zero attached hydrogens (tertiary/aromatic N) is 1. The van der Waals surface area contributed by atoms with E-state index in [1.807, 2.05) is 24.5 Å². The second kappa shape index (κ2) is 5.19. The van der Waals surface area contributed by atoms with Crippen LogP contribution in [-0.4, -0.2) is 4.57 Å². The highest BCUT2D eigenvalue weighted by atomic mass is 79.9. The van der Waals surface area contributed by atoms with Crippen molar-refractivity contribution >= 4 is 31.9 Å². The first kappa shape index (κ1) is 11.9. The van der Waals surface area contributed by atoms with Crippen LogP contribution in [0.1, 0.15) is 18.9 Å². The summed E-state index contributed by atoms with van der Waals surface area (Å²) in [6, 6.07) is 8.45. The van der Waals surface area contributed by atoms with Crippen LogP contribution >= 0.6 is 31.9 Å². The summed E-state index contributed by atoms with van der Waals surface area (Å²) >= 11 is 7.28. The van der Waals surface area contributed by atoms with Crippen LogP contribution < -0.4 is 0 Å². The van der Waals surface area contributed by atoms with E-state index < -0.39 is 0 Å². The highest BCUT2D eigenvalue weighted by Crippen LogP contribution is 2.31. The van der Waals surface area contributed by atoms with Crippen molar-refractivity contribution in [1.82, 2.24) is 4.57 Å². The van der Waals surface area contributed by atoms with Crippen LogP contribution in [0.4, 0.5) is 0 Å². The van der Waals surface area contributed by atoms with Crippen LogP contribution in [0.3, 0.4) is 0 Å². The number of hydrogen-bond acceptors (Lipinski definition) is 0. The van der Waals surface area contributed by atoms with Crippen molar-refractivity contribution in [3.63, 3.8) is 0 Å². The number of halogens is 2. The lowest BCUT2D eigenvalue weighted by Gasteiger charge is -2.11. The van der Waals surface area contributed by atoms with Gasteiger partial charge in [0.05, 0.1) is 5.69 Å². The monoisotopic (exact) mass is 341 g/mol. The summed E-state index contributed by atoms with van der Waals surface area (Å²) < 4.78 is 4.35. The van der Waals surface area contributed by atoms with Gasteiger partial charge in [-0.1, -0.05) is 13.3 Å². The van der Waals surface area contributed by atoms with Crippen LogP contribution in [0, 0.1) is 0 Å². The molecular formula is C13H13Br2N. The maximum atomic E-state index is 3.64. The molecule has 16 heavy (non-hydrogen) atoms. The largest absolute Gasteiger partial charge is 0.322 e. The van der Waals surface area contributed by atoms with Gasteiger partial charge < -0.3 is 4.57 Å². The Morgan fingerprint density at radius 3 is 2.12 bits per heavy atom. The molecule has 0 saturated carbocycles. The van der Waals surface area contributed by atoms with E-state index in [4.69, 9.17) is 0 Å². The summed E-state index contributed by atoms with van der Waals surface area (Å²) in [6.45, 7) is 2.20. The number of rotatable bonds is 3. The molecule has 84 valence electrons. The molecule has 0 spiro atoms. The average molecular weight is 343 g/mol. The molecule has 0 amide bonds. The van der Waals surface area contributed by atoms with Crippen LogP contribution in [0.15, 0.2) is 45.6 Å². The first-order chi connectivity index (χ1) is 7.72. The summed E-state index contributed by atoms with van der Waals surface area (Å²) in [5.41, 5.74) is 2.52. The van der Waals surface area contributed by atoms with Crippen LogP contribution in [0.2, 0.25) is 0 Å². The van der Waals surface area contributed by atoms with Crippen molar-refractivity contribution in [2.24, 2.45) is 0 Å². The van der Waals surface area contributed by atoms with Gasteiger partial charge in [0.15, 0.2) is 0 Å². The van der Waals surface area contributed by atoms with Crippen molar-refractivity contribution < 1.29 is 0 Å². The van der Waals surface area contributed by atoms with Crippen LogP contribution in [-0.2, 0) is 6.42 Å². The molecule has 0 fully saturated rings. The molecule has 0 unspecified atom stereocenters. The van der Waals surface area contributed by atoms with E-state index >= 15 is 0 Å². The first-order valence-corrected chi connectivity index (χ1v) is 6.92. The lowest BCUT2D eigenvalue weighted by atomic mass is 10.1. The molecule has 0 aliphatic heterocycles. The second-order valence-electron chi connectivity index (χ2n) is 3.75. The highest BCUT2D eigenvalue weighted by molar-refractivity contribution is 9.11. The van der Waals surface area contributed by atoms with Gasteiger partial charge >= 0.3 is 0 Å². The van der Waals surface area contributed by atoms with Gasteiger partial charge in [0.25, 0.3) is 0 Å². The molecule has 3 heteroatoms. The molecule has 0 N–H and O–H groups in total. The Bertz CT molecular complexity index is 452. The maximum absolute atomic E-state index is 3.64. The van der Waals surface area contributed by atoms with E-state index in [2.05, 4.69) is 55.5 Å². The molecule has 0 aliphatic carbocycles. The molecule has 0 radical (unpaired) electrons. The minimum Gasteiger partial charge on any atom is -0.322 e. The fourth-order valence-electron chi connectivity index (χ4n) is 1.78. The zero-order valence-electron chi connectivity index (χ0n) is 9.08. The zero-order valence-corrected chi connectivity index (χ0v) is 12.3. The summed E-state index contributed by atoms with van der Waals surface area (Å²) in [6.07, 6.45) is 6.37. The van der Waals surface area contributed by atoms with Crippen molar-refractivity contribution in [3.05, 3.63) is 51.2 Å². The average Bonchev–Trinajstić information content (AvgIpc) is 2.70. The van der Waals surface area contributed by atoms with E-state index in [1.54, 1.807) is 0 Å². The topological polar surface area (TPSA) is 4.93 Å². The fourth-order valence-corrected chi connectivity index (χ4v) is 3.47. The third-order valence-corrected chi connectivity index (χ3v) is 3.69. The second-order valence-corrected chi connectivity index (χ2v) is 5.46. The van der Waals surface area contributed by atoms with Crippen molar-refractivity contribution in [1.29, 1.82) is 0 Å². The van der Waals surface area contributed by atoms with E-state index in [9.17, 15) is 0 Å². The van der Waals surface area contributed by atoms with Crippen molar-refractivity contribution in [2.45, 2.75) is 19.8 Å². The Labute approximate surface area is 113 Å². The number of benzene rings is 1. The third kappa shape index (κ3) is 2.41. The van der Waals surface area contributed by atoms with Gasteiger partial charge in [-0.2, -0.15) is 0 Å². The molecule has 1 aromatic heterocycles. The molecule has 0 aliphatic rings. The molecule has 0 bridgehead atoms. The van der Waals surface area contributed by atoms with Gasteiger partial charge in [-0.25, -0.2) is 0 Å². The molecule has 2 aromatic rings. The number of aryl methyl sites for hydroxylation is 1. The summed E-state index contributed by atoms with van der Waals surface area (Å²) in [7, 11) is 0. The van der Waals surface area contributed by atoms with E-state index in [-0.39, 0.29) is 0 Å². The lowest BCUT2D eigenvalue weighted by molar-refractivity contribution is 0.917. The van der Waals surface area contributed by atoms with Crippen molar-refractivity contribution in [2.75, 3.05) is 0 Å². The lowest BCUT2D eigenvalue weighted by Crippen LogP contribution is -1.95. The van der Waals surface area contributed by atoms with Gasteiger partial charge in [0.1, 0.15) is 0 Å². The van der Waals surface area contributed by atoms with Gasteiger partial charge in [-0.3, -0.25) is 0 Å².